The van der Waals surface area contributed by atoms with Gasteiger partial charge in [-0.05, 0) is 62.4 Å². The molecule has 1 atom stereocenters. The summed E-state index contributed by atoms with van der Waals surface area (Å²) in [5.74, 6) is 1.32. The van der Waals surface area contributed by atoms with Gasteiger partial charge in [0.2, 0.25) is 5.91 Å². The largest absolute Gasteiger partial charge is 0.339 e. The third kappa shape index (κ3) is 6.11. The van der Waals surface area contributed by atoms with E-state index < -0.39 is 0 Å². The van der Waals surface area contributed by atoms with E-state index >= 15 is 0 Å². The van der Waals surface area contributed by atoms with Crippen LogP contribution < -0.4 is 10.6 Å². The third-order valence-corrected chi connectivity index (χ3v) is 5.87. The van der Waals surface area contributed by atoms with Crippen molar-refractivity contribution in [3.63, 3.8) is 0 Å². The number of hydrogen-bond donors (Lipinski definition) is 2. The second-order valence-corrected chi connectivity index (χ2v) is 7.94. The van der Waals surface area contributed by atoms with Gasteiger partial charge in [-0.3, -0.25) is 4.79 Å². The molecule has 7 heteroatoms. The number of piperidine rings is 1. The van der Waals surface area contributed by atoms with E-state index in [1.807, 2.05) is 36.1 Å². The predicted octanol–water partition coefficient (Wildman–Crippen LogP) is 3.12. The number of rotatable bonds is 4. The molecule has 2 aliphatic rings. The SMILES string of the molecule is Cc1cccc(NC(=O)N2CCN(C(=O)CC(C)C3CCNCC3)CC2)c1.Cl. The molecule has 28 heavy (non-hydrogen) atoms. The van der Waals surface area contributed by atoms with Crippen molar-refractivity contribution in [3.05, 3.63) is 29.8 Å². The van der Waals surface area contributed by atoms with Crippen LogP contribution in [-0.4, -0.2) is 61.0 Å². The summed E-state index contributed by atoms with van der Waals surface area (Å²) in [4.78, 5) is 28.8. The van der Waals surface area contributed by atoms with Gasteiger partial charge in [0.15, 0.2) is 0 Å². The Hall–Kier alpha value is -1.79. The van der Waals surface area contributed by atoms with Gasteiger partial charge in [0, 0.05) is 38.3 Å². The van der Waals surface area contributed by atoms with Gasteiger partial charge >= 0.3 is 6.03 Å². The fraction of sp³-hybridized carbons (Fsp3) is 0.619. The van der Waals surface area contributed by atoms with E-state index in [-0.39, 0.29) is 24.3 Å². The van der Waals surface area contributed by atoms with Crippen LogP contribution in [0.2, 0.25) is 0 Å². The number of piperazine rings is 1. The van der Waals surface area contributed by atoms with E-state index in [2.05, 4.69) is 17.6 Å². The molecule has 3 rings (SSSR count). The number of benzene rings is 1. The van der Waals surface area contributed by atoms with Crippen molar-refractivity contribution in [2.24, 2.45) is 11.8 Å². The third-order valence-electron chi connectivity index (χ3n) is 5.87. The molecular weight excluding hydrogens is 376 g/mol. The van der Waals surface area contributed by atoms with Crippen LogP contribution in [0.3, 0.4) is 0 Å². The smallest absolute Gasteiger partial charge is 0.321 e. The lowest BCUT2D eigenvalue weighted by molar-refractivity contribution is -0.134. The number of anilines is 1. The number of aryl methyl sites for hydroxylation is 1. The Morgan fingerprint density at radius 2 is 1.79 bits per heavy atom. The Morgan fingerprint density at radius 3 is 2.43 bits per heavy atom. The van der Waals surface area contributed by atoms with Crippen LogP contribution in [0.4, 0.5) is 10.5 Å². The average molecular weight is 409 g/mol. The number of nitrogens with one attached hydrogen (secondary N) is 2. The lowest BCUT2D eigenvalue weighted by Crippen LogP contribution is -2.52. The minimum absolute atomic E-state index is 0. The molecule has 0 radical (unpaired) electrons. The second kappa shape index (κ2) is 10.7. The molecular formula is C21H33ClN4O2. The Kier molecular flexibility index (Phi) is 8.58. The minimum atomic E-state index is -0.0872. The van der Waals surface area contributed by atoms with Crippen LogP contribution in [0.5, 0.6) is 0 Å². The summed E-state index contributed by atoms with van der Waals surface area (Å²) in [6.45, 7) is 8.77. The summed E-state index contributed by atoms with van der Waals surface area (Å²) >= 11 is 0. The first-order valence-electron chi connectivity index (χ1n) is 10.1. The van der Waals surface area contributed by atoms with Gasteiger partial charge in [-0.25, -0.2) is 4.79 Å². The number of halogens is 1. The first-order chi connectivity index (χ1) is 13.0. The molecule has 2 N–H and O–H groups in total. The fourth-order valence-corrected chi connectivity index (χ4v) is 4.07. The van der Waals surface area contributed by atoms with Crippen molar-refractivity contribution < 1.29 is 9.59 Å². The van der Waals surface area contributed by atoms with Crippen molar-refractivity contribution in [2.45, 2.75) is 33.1 Å². The van der Waals surface area contributed by atoms with Crippen LogP contribution in [0.25, 0.3) is 0 Å². The van der Waals surface area contributed by atoms with Crippen molar-refractivity contribution in [1.82, 2.24) is 15.1 Å². The van der Waals surface area contributed by atoms with Gasteiger partial charge < -0.3 is 20.4 Å². The number of urea groups is 1. The molecule has 0 aliphatic carbocycles. The molecule has 156 valence electrons. The number of carbonyl (C=O) groups excluding carboxylic acids is 2. The topological polar surface area (TPSA) is 64.7 Å². The highest BCUT2D eigenvalue weighted by atomic mass is 35.5. The van der Waals surface area contributed by atoms with Crippen LogP contribution in [0, 0.1) is 18.8 Å². The number of carbonyl (C=O) groups is 2. The summed E-state index contributed by atoms with van der Waals surface area (Å²) < 4.78 is 0. The molecule has 2 fully saturated rings. The molecule has 2 saturated heterocycles. The van der Waals surface area contributed by atoms with Gasteiger partial charge in [-0.1, -0.05) is 19.1 Å². The molecule has 2 heterocycles. The van der Waals surface area contributed by atoms with Crippen LogP contribution in [0.1, 0.15) is 31.7 Å². The van der Waals surface area contributed by atoms with Crippen LogP contribution in [-0.2, 0) is 4.79 Å². The summed E-state index contributed by atoms with van der Waals surface area (Å²) in [6, 6.07) is 7.71. The van der Waals surface area contributed by atoms with Crippen molar-refractivity contribution >= 4 is 30.0 Å². The quantitative estimate of drug-likeness (QED) is 0.804. The Bertz CT molecular complexity index is 656. The summed E-state index contributed by atoms with van der Waals surface area (Å²) in [5.41, 5.74) is 1.93. The molecule has 0 spiro atoms. The van der Waals surface area contributed by atoms with Gasteiger partial charge in [0.25, 0.3) is 0 Å². The van der Waals surface area contributed by atoms with E-state index in [9.17, 15) is 9.59 Å². The van der Waals surface area contributed by atoms with Gasteiger partial charge in [-0.2, -0.15) is 0 Å². The molecule has 1 aromatic carbocycles. The maximum atomic E-state index is 12.6. The van der Waals surface area contributed by atoms with Gasteiger partial charge in [-0.15, -0.1) is 12.4 Å². The second-order valence-electron chi connectivity index (χ2n) is 7.94. The molecule has 0 bridgehead atoms. The first-order valence-corrected chi connectivity index (χ1v) is 10.1. The molecule has 3 amide bonds. The average Bonchev–Trinajstić information content (AvgIpc) is 2.68. The summed E-state index contributed by atoms with van der Waals surface area (Å²) in [7, 11) is 0. The van der Waals surface area contributed by atoms with Crippen LogP contribution >= 0.6 is 12.4 Å². The standard InChI is InChI=1S/C21H32N4O2.ClH/c1-16-4-3-5-19(14-16)23-21(27)25-12-10-24(11-13-25)20(26)15-17(2)18-6-8-22-9-7-18;/h3-5,14,17-18,22H,6-13,15H2,1-2H3,(H,23,27);1H. The van der Waals surface area contributed by atoms with Gasteiger partial charge in [0.1, 0.15) is 0 Å². The predicted molar refractivity (Wildman–Crippen MR) is 115 cm³/mol. The molecule has 6 nitrogen and oxygen atoms in total. The van der Waals surface area contributed by atoms with E-state index in [0.29, 0.717) is 44.4 Å². The fourth-order valence-electron chi connectivity index (χ4n) is 4.07. The maximum absolute atomic E-state index is 12.6. The lowest BCUT2D eigenvalue weighted by Gasteiger charge is -2.36. The highest BCUT2D eigenvalue weighted by Crippen LogP contribution is 2.25. The highest BCUT2D eigenvalue weighted by molar-refractivity contribution is 5.89. The van der Waals surface area contributed by atoms with Crippen molar-refractivity contribution in [3.8, 4) is 0 Å². The Balaban J connectivity index is 0.00000280. The minimum Gasteiger partial charge on any atom is -0.339 e. The summed E-state index contributed by atoms with van der Waals surface area (Å²) in [6.07, 6.45) is 2.96. The van der Waals surface area contributed by atoms with Gasteiger partial charge in [0.05, 0.1) is 0 Å². The number of nitrogens with zero attached hydrogens (tertiary/aromatic N) is 2. The molecule has 1 aromatic rings. The van der Waals surface area contributed by atoms with Crippen molar-refractivity contribution in [2.75, 3.05) is 44.6 Å². The zero-order valence-corrected chi connectivity index (χ0v) is 17.8. The van der Waals surface area contributed by atoms with E-state index in [1.54, 1.807) is 4.90 Å². The molecule has 1 unspecified atom stereocenters. The monoisotopic (exact) mass is 408 g/mol. The normalized spacial score (nSPS) is 18.9. The van der Waals surface area contributed by atoms with E-state index in [4.69, 9.17) is 0 Å². The van der Waals surface area contributed by atoms with E-state index in [1.165, 1.54) is 12.8 Å². The summed E-state index contributed by atoms with van der Waals surface area (Å²) in [5, 5.41) is 6.33. The molecule has 0 aromatic heterocycles. The lowest BCUT2D eigenvalue weighted by atomic mass is 9.84. The Labute approximate surface area is 174 Å². The zero-order chi connectivity index (χ0) is 19.2. The van der Waals surface area contributed by atoms with Crippen molar-refractivity contribution in [1.29, 1.82) is 0 Å². The Morgan fingerprint density at radius 1 is 1.14 bits per heavy atom. The highest BCUT2D eigenvalue weighted by Gasteiger charge is 2.27. The zero-order valence-electron chi connectivity index (χ0n) is 16.9. The first kappa shape index (κ1) is 22.5. The van der Waals surface area contributed by atoms with E-state index in [0.717, 1.165) is 24.3 Å². The maximum Gasteiger partial charge on any atom is 0.321 e. The number of hydrogen-bond acceptors (Lipinski definition) is 3. The molecule has 0 saturated carbocycles. The number of amides is 3. The van der Waals surface area contributed by atoms with Crippen LogP contribution in [0.15, 0.2) is 24.3 Å². The molecule has 2 aliphatic heterocycles.